The number of aromatic nitrogens is 2. The Hall–Kier alpha value is -0.690. The molecule has 0 amide bonds. The maximum Gasteiger partial charge on any atom is 0.235 e. The molecular weight excluding hydrogens is 383 g/mol. The molecule has 1 aromatic heterocycles. The molecule has 0 radical (unpaired) electrons. The number of nitrogens with zero attached hydrogens (tertiary/aromatic N) is 2. The lowest BCUT2D eigenvalue weighted by Crippen LogP contribution is -1.93. The first kappa shape index (κ1) is 11.8. The van der Waals surface area contributed by atoms with Gasteiger partial charge in [-0.3, -0.25) is 0 Å². The summed E-state index contributed by atoms with van der Waals surface area (Å²) in [5.74, 6) is 1.38. The van der Waals surface area contributed by atoms with Crippen molar-refractivity contribution < 1.29 is 4.74 Å². The smallest absolute Gasteiger partial charge is 0.235 e. The van der Waals surface area contributed by atoms with Crippen LogP contribution in [-0.2, 0) is 0 Å². The molecule has 16 heavy (non-hydrogen) atoms. The summed E-state index contributed by atoms with van der Waals surface area (Å²) in [5.41, 5.74) is 1.07. The van der Waals surface area contributed by atoms with Crippen LogP contribution in [-0.4, -0.2) is 9.97 Å². The third-order valence-electron chi connectivity index (χ3n) is 1.99. The molecule has 0 saturated heterocycles. The van der Waals surface area contributed by atoms with Crippen LogP contribution in [0, 0.1) is 10.5 Å². The zero-order valence-corrected chi connectivity index (χ0v) is 12.2. The van der Waals surface area contributed by atoms with Gasteiger partial charge in [-0.2, -0.15) is 0 Å². The molecule has 0 aliphatic heterocycles. The van der Waals surface area contributed by atoms with Crippen LogP contribution in [0.15, 0.2) is 35.2 Å². The Labute approximate surface area is 116 Å². The van der Waals surface area contributed by atoms with Crippen molar-refractivity contribution in [2.45, 2.75) is 6.92 Å². The van der Waals surface area contributed by atoms with E-state index in [0.29, 0.717) is 5.88 Å². The highest BCUT2D eigenvalue weighted by Gasteiger charge is 2.06. The van der Waals surface area contributed by atoms with E-state index in [0.717, 1.165) is 19.4 Å². The minimum absolute atomic E-state index is 0.580. The van der Waals surface area contributed by atoms with Crippen molar-refractivity contribution in [2.75, 3.05) is 0 Å². The van der Waals surface area contributed by atoms with Crippen molar-refractivity contribution in [2.24, 2.45) is 0 Å². The number of hydrogen-bond acceptors (Lipinski definition) is 3. The highest BCUT2D eigenvalue weighted by atomic mass is 127. The van der Waals surface area contributed by atoms with E-state index in [9.17, 15) is 0 Å². The Morgan fingerprint density at radius 1 is 1.38 bits per heavy atom. The van der Waals surface area contributed by atoms with Crippen molar-refractivity contribution in [1.29, 1.82) is 0 Å². The molecule has 0 spiro atoms. The van der Waals surface area contributed by atoms with Crippen LogP contribution in [0.4, 0.5) is 0 Å². The molecule has 0 N–H and O–H groups in total. The fourth-order valence-corrected chi connectivity index (χ4v) is 1.91. The quantitative estimate of drug-likeness (QED) is 0.728. The zero-order chi connectivity index (χ0) is 11.5. The summed E-state index contributed by atoms with van der Waals surface area (Å²) in [5, 5.41) is 0. The van der Waals surface area contributed by atoms with Crippen LogP contribution >= 0.6 is 38.5 Å². The molecule has 2 rings (SSSR count). The van der Waals surface area contributed by atoms with Crippen LogP contribution in [0.1, 0.15) is 5.56 Å². The normalized spacial score (nSPS) is 10.2. The SMILES string of the molecule is Cc1ccc(Br)cc1Oc1ncncc1I. The summed E-state index contributed by atoms with van der Waals surface area (Å²) in [4.78, 5) is 8.01. The number of benzene rings is 1. The largest absolute Gasteiger partial charge is 0.438 e. The van der Waals surface area contributed by atoms with E-state index < -0.39 is 0 Å². The first-order valence-corrected chi connectivity index (χ1v) is 6.43. The Balaban J connectivity index is 2.34. The molecule has 0 aliphatic rings. The minimum Gasteiger partial charge on any atom is -0.438 e. The molecule has 1 heterocycles. The van der Waals surface area contributed by atoms with Gasteiger partial charge in [-0.15, -0.1) is 0 Å². The molecule has 2 aromatic rings. The van der Waals surface area contributed by atoms with Crippen LogP contribution in [0.25, 0.3) is 0 Å². The van der Waals surface area contributed by atoms with Crippen molar-refractivity contribution in [3.05, 3.63) is 44.3 Å². The van der Waals surface area contributed by atoms with Gasteiger partial charge in [0, 0.05) is 10.7 Å². The Bertz CT molecular complexity index is 519. The number of ether oxygens (including phenoxy) is 1. The molecule has 82 valence electrons. The number of hydrogen-bond donors (Lipinski definition) is 0. The van der Waals surface area contributed by atoms with E-state index in [-0.39, 0.29) is 0 Å². The molecule has 0 unspecified atom stereocenters. The summed E-state index contributed by atoms with van der Waals surface area (Å²) >= 11 is 5.56. The Morgan fingerprint density at radius 2 is 2.19 bits per heavy atom. The van der Waals surface area contributed by atoms with Gasteiger partial charge < -0.3 is 4.74 Å². The molecule has 0 aliphatic carbocycles. The molecule has 3 nitrogen and oxygen atoms in total. The molecule has 0 bridgehead atoms. The highest BCUT2D eigenvalue weighted by molar-refractivity contribution is 14.1. The lowest BCUT2D eigenvalue weighted by molar-refractivity contribution is 0.454. The van der Waals surface area contributed by atoms with E-state index in [1.165, 1.54) is 6.33 Å². The van der Waals surface area contributed by atoms with Gasteiger partial charge in [0.25, 0.3) is 0 Å². The first-order chi connectivity index (χ1) is 7.66. The van der Waals surface area contributed by atoms with Gasteiger partial charge >= 0.3 is 0 Å². The average Bonchev–Trinajstić information content (AvgIpc) is 2.27. The summed E-state index contributed by atoms with van der Waals surface area (Å²) in [6.45, 7) is 2.00. The third kappa shape index (κ3) is 2.70. The summed E-state index contributed by atoms with van der Waals surface area (Å²) in [6, 6.07) is 5.90. The maximum absolute atomic E-state index is 5.73. The molecule has 0 atom stereocenters. The summed E-state index contributed by atoms with van der Waals surface area (Å²) in [6.07, 6.45) is 3.20. The molecular formula is C11H8BrIN2O. The lowest BCUT2D eigenvalue weighted by atomic mass is 10.2. The van der Waals surface area contributed by atoms with Crippen LogP contribution in [0.2, 0.25) is 0 Å². The van der Waals surface area contributed by atoms with Gasteiger partial charge in [0.15, 0.2) is 0 Å². The van der Waals surface area contributed by atoms with E-state index in [2.05, 4.69) is 48.5 Å². The summed E-state index contributed by atoms with van der Waals surface area (Å²) in [7, 11) is 0. The van der Waals surface area contributed by atoms with E-state index in [4.69, 9.17) is 4.74 Å². The van der Waals surface area contributed by atoms with Crippen LogP contribution < -0.4 is 4.74 Å². The number of halogens is 2. The molecule has 0 saturated carbocycles. The number of rotatable bonds is 2. The van der Waals surface area contributed by atoms with Crippen molar-refractivity contribution in [1.82, 2.24) is 9.97 Å². The second-order valence-corrected chi connectivity index (χ2v) is 5.27. The monoisotopic (exact) mass is 390 g/mol. The molecule has 1 aromatic carbocycles. The predicted octanol–water partition coefficient (Wildman–Crippen LogP) is 3.94. The fourth-order valence-electron chi connectivity index (χ4n) is 1.16. The number of aryl methyl sites for hydroxylation is 1. The first-order valence-electron chi connectivity index (χ1n) is 4.56. The van der Waals surface area contributed by atoms with Crippen molar-refractivity contribution >= 4 is 38.5 Å². The predicted molar refractivity (Wildman–Crippen MR) is 73.7 cm³/mol. The Kier molecular flexibility index (Phi) is 3.75. The molecule has 5 heteroatoms. The van der Waals surface area contributed by atoms with Crippen LogP contribution in [0.5, 0.6) is 11.6 Å². The second kappa shape index (κ2) is 5.09. The van der Waals surface area contributed by atoms with Gasteiger partial charge in [0.2, 0.25) is 5.88 Å². The minimum atomic E-state index is 0.580. The lowest BCUT2D eigenvalue weighted by Gasteiger charge is -2.08. The Morgan fingerprint density at radius 3 is 2.94 bits per heavy atom. The van der Waals surface area contributed by atoms with Crippen molar-refractivity contribution in [3.8, 4) is 11.6 Å². The summed E-state index contributed by atoms with van der Waals surface area (Å²) < 4.78 is 7.60. The van der Waals surface area contributed by atoms with Gasteiger partial charge in [-0.05, 0) is 47.2 Å². The zero-order valence-electron chi connectivity index (χ0n) is 8.45. The van der Waals surface area contributed by atoms with Gasteiger partial charge in [-0.1, -0.05) is 22.0 Å². The maximum atomic E-state index is 5.73. The van der Waals surface area contributed by atoms with Crippen LogP contribution in [0.3, 0.4) is 0 Å². The van der Waals surface area contributed by atoms with E-state index >= 15 is 0 Å². The second-order valence-electron chi connectivity index (χ2n) is 3.19. The van der Waals surface area contributed by atoms with Gasteiger partial charge in [0.1, 0.15) is 12.1 Å². The fraction of sp³-hybridized carbons (Fsp3) is 0.0909. The average molecular weight is 391 g/mol. The molecule has 0 fully saturated rings. The van der Waals surface area contributed by atoms with Gasteiger partial charge in [0.05, 0.1) is 3.57 Å². The van der Waals surface area contributed by atoms with Crippen molar-refractivity contribution in [3.63, 3.8) is 0 Å². The third-order valence-corrected chi connectivity index (χ3v) is 3.22. The topological polar surface area (TPSA) is 35.0 Å². The standard InChI is InChI=1S/C11H8BrIN2O/c1-7-2-3-8(12)4-10(7)16-11-9(13)5-14-6-15-11/h2-6H,1H3. The highest BCUT2D eigenvalue weighted by Crippen LogP contribution is 2.28. The van der Waals surface area contributed by atoms with Gasteiger partial charge in [-0.25, -0.2) is 9.97 Å². The van der Waals surface area contributed by atoms with E-state index in [1.807, 2.05) is 25.1 Å². The van der Waals surface area contributed by atoms with E-state index in [1.54, 1.807) is 6.20 Å².